The van der Waals surface area contributed by atoms with Gasteiger partial charge in [-0.2, -0.15) is 13.2 Å². The van der Waals surface area contributed by atoms with Crippen molar-refractivity contribution in [3.05, 3.63) is 28.4 Å². The normalized spacial score (nSPS) is 29.3. The lowest BCUT2D eigenvalue weighted by Crippen LogP contribution is -2.44. The first-order chi connectivity index (χ1) is 16.2. The number of hydrogen-bond acceptors (Lipinski definition) is 8. The van der Waals surface area contributed by atoms with Gasteiger partial charge in [-0.1, -0.05) is 0 Å². The Kier molecular flexibility index (Phi) is 7.88. The van der Waals surface area contributed by atoms with Gasteiger partial charge in [0.1, 0.15) is 18.8 Å². The van der Waals surface area contributed by atoms with Crippen molar-refractivity contribution >= 4 is 95.7 Å². The number of halogens is 6. The third kappa shape index (κ3) is 5.14. The van der Waals surface area contributed by atoms with Crippen LogP contribution in [-0.4, -0.2) is 57.2 Å². The van der Waals surface area contributed by atoms with E-state index in [0.717, 1.165) is 7.14 Å². The summed E-state index contributed by atoms with van der Waals surface area (Å²) >= 11 is 6.19. The van der Waals surface area contributed by atoms with Gasteiger partial charge in [0.05, 0.1) is 17.4 Å². The molecule has 3 fully saturated rings. The molecule has 1 saturated heterocycles. The minimum Gasteiger partial charge on any atom is -0.464 e. The Balaban J connectivity index is 1.44. The highest BCUT2D eigenvalue weighted by atomic mass is 127. The van der Waals surface area contributed by atoms with E-state index in [9.17, 15) is 36.0 Å². The molecule has 6 unspecified atom stereocenters. The molecule has 0 amide bonds. The summed E-state index contributed by atoms with van der Waals surface area (Å²) in [6.07, 6.45) is -1.20. The van der Waals surface area contributed by atoms with E-state index in [1.165, 1.54) is 4.72 Å². The second-order valence-corrected chi connectivity index (χ2v) is 13.4. The van der Waals surface area contributed by atoms with E-state index in [2.05, 4.69) is 45.2 Å². The number of hydrogen-bond donors (Lipinski definition) is 1. The molecule has 1 aliphatic heterocycles. The summed E-state index contributed by atoms with van der Waals surface area (Å²) in [5, 5.41) is 0. The lowest BCUT2D eigenvalue weighted by molar-refractivity contribution is -0.156. The van der Waals surface area contributed by atoms with E-state index in [4.69, 9.17) is 14.2 Å². The molecular formula is C19H15F3I3NO8S. The zero-order chi connectivity index (χ0) is 25.9. The predicted molar refractivity (Wildman–Crippen MR) is 136 cm³/mol. The van der Waals surface area contributed by atoms with Gasteiger partial charge in [0.15, 0.2) is 0 Å². The molecule has 192 valence electrons. The van der Waals surface area contributed by atoms with Gasteiger partial charge in [-0.3, -0.25) is 9.59 Å². The smallest absolute Gasteiger partial charge is 0.464 e. The monoisotopic (exact) mass is 855 g/mol. The first-order valence-corrected chi connectivity index (χ1v) is 14.7. The standard InChI is InChI=1S/C19H15F3I3NO8S/c20-19(21,22)35(30,31)26-1-2-32-17(28)11-7-5-8-12(11)18(29)34-15(8)14(7)33-16(27)9-3-6(23)4-10(24)13(9)25/h3-4,7-8,11-12,14-15,26H,1-2,5H2. The van der Waals surface area contributed by atoms with E-state index in [0.29, 0.717) is 15.6 Å². The average molecular weight is 855 g/mol. The molecule has 0 radical (unpaired) electrons. The average Bonchev–Trinajstić information content (AvgIpc) is 3.36. The first kappa shape index (κ1) is 27.6. The van der Waals surface area contributed by atoms with Gasteiger partial charge in [-0.25, -0.2) is 17.9 Å². The van der Waals surface area contributed by atoms with Crippen LogP contribution in [0.1, 0.15) is 16.8 Å². The van der Waals surface area contributed by atoms with Crippen molar-refractivity contribution in [3.8, 4) is 0 Å². The summed E-state index contributed by atoms with van der Waals surface area (Å²) in [6.45, 7) is -1.47. The van der Waals surface area contributed by atoms with Crippen LogP contribution in [-0.2, 0) is 33.8 Å². The fourth-order valence-corrected chi connectivity index (χ4v) is 7.76. The quantitative estimate of drug-likeness (QED) is 0.146. The maximum absolute atomic E-state index is 13.0. The van der Waals surface area contributed by atoms with Crippen molar-refractivity contribution in [3.63, 3.8) is 0 Å². The van der Waals surface area contributed by atoms with Gasteiger partial charge in [-0.05, 0) is 86.3 Å². The molecule has 16 heteroatoms. The number of alkyl halides is 3. The molecule has 2 saturated carbocycles. The van der Waals surface area contributed by atoms with Crippen LogP contribution >= 0.6 is 67.8 Å². The molecule has 2 aliphatic carbocycles. The molecule has 0 spiro atoms. The van der Waals surface area contributed by atoms with Crippen LogP contribution in [0.4, 0.5) is 13.2 Å². The van der Waals surface area contributed by atoms with Gasteiger partial charge in [0, 0.05) is 29.1 Å². The fourth-order valence-electron chi connectivity index (χ4n) is 4.87. The lowest BCUT2D eigenvalue weighted by Gasteiger charge is -2.30. The molecule has 35 heavy (non-hydrogen) atoms. The highest BCUT2D eigenvalue weighted by Crippen LogP contribution is 2.59. The van der Waals surface area contributed by atoms with Gasteiger partial charge in [0.25, 0.3) is 0 Å². The molecule has 9 nitrogen and oxygen atoms in total. The largest absolute Gasteiger partial charge is 0.511 e. The van der Waals surface area contributed by atoms with Gasteiger partial charge in [-0.15, -0.1) is 0 Å². The van der Waals surface area contributed by atoms with E-state index >= 15 is 0 Å². The van der Waals surface area contributed by atoms with Gasteiger partial charge < -0.3 is 14.2 Å². The second-order valence-electron chi connectivity index (χ2n) is 8.15. The van der Waals surface area contributed by atoms with Crippen molar-refractivity contribution in [1.29, 1.82) is 0 Å². The Labute approximate surface area is 238 Å². The molecule has 1 heterocycles. The topological polar surface area (TPSA) is 125 Å². The van der Waals surface area contributed by atoms with E-state index in [1.807, 2.05) is 28.7 Å². The molecule has 2 bridgehead atoms. The fraction of sp³-hybridized carbons (Fsp3) is 0.526. The van der Waals surface area contributed by atoms with Crippen LogP contribution < -0.4 is 4.72 Å². The number of benzene rings is 1. The predicted octanol–water partition coefficient (Wildman–Crippen LogP) is 2.82. The number of nitrogens with one attached hydrogen (secondary N) is 1. The number of carbonyl (C=O) groups is 3. The summed E-state index contributed by atoms with van der Waals surface area (Å²) in [4.78, 5) is 38.2. The van der Waals surface area contributed by atoms with E-state index < -0.39 is 76.6 Å². The van der Waals surface area contributed by atoms with Crippen molar-refractivity contribution in [2.45, 2.75) is 24.1 Å². The molecule has 0 aromatic heterocycles. The second kappa shape index (κ2) is 10.0. The first-order valence-electron chi connectivity index (χ1n) is 10.0. The number of esters is 3. The Hall–Kier alpha value is -0.480. The number of sulfonamides is 1. The van der Waals surface area contributed by atoms with Gasteiger partial charge >= 0.3 is 33.4 Å². The van der Waals surface area contributed by atoms with Crippen molar-refractivity contribution < 1.29 is 50.2 Å². The molecule has 1 N–H and O–H groups in total. The third-order valence-electron chi connectivity index (χ3n) is 6.22. The van der Waals surface area contributed by atoms with Crippen LogP contribution in [0, 0.1) is 34.4 Å². The molecular weight excluding hydrogens is 840 g/mol. The Morgan fingerprint density at radius 2 is 1.86 bits per heavy atom. The summed E-state index contributed by atoms with van der Waals surface area (Å²) in [7, 11) is -5.57. The molecule has 6 atom stereocenters. The summed E-state index contributed by atoms with van der Waals surface area (Å²) in [5.41, 5.74) is -5.16. The highest BCUT2D eigenvalue weighted by Gasteiger charge is 2.70. The van der Waals surface area contributed by atoms with Crippen molar-refractivity contribution in [2.24, 2.45) is 23.7 Å². The van der Waals surface area contributed by atoms with Crippen LogP contribution in [0.25, 0.3) is 0 Å². The summed E-state index contributed by atoms with van der Waals surface area (Å²) in [6, 6.07) is 3.55. The van der Waals surface area contributed by atoms with E-state index in [-0.39, 0.29) is 5.92 Å². The Bertz CT molecular complexity index is 1190. The van der Waals surface area contributed by atoms with Crippen LogP contribution in [0.2, 0.25) is 0 Å². The van der Waals surface area contributed by atoms with Crippen molar-refractivity contribution in [1.82, 2.24) is 4.72 Å². The zero-order valence-electron chi connectivity index (χ0n) is 17.2. The SMILES string of the molecule is O=C(OC1C2CC3C1OC(=O)C3C2C(=O)OCCNS(=O)(=O)C(F)(F)F)c1cc(I)cc(I)c1I. The number of rotatable bonds is 7. The Morgan fingerprint density at radius 1 is 1.17 bits per heavy atom. The molecule has 4 rings (SSSR count). The third-order valence-corrected chi connectivity index (χ3v) is 11.1. The van der Waals surface area contributed by atoms with Crippen LogP contribution in [0.15, 0.2) is 12.1 Å². The van der Waals surface area contributed by atoms with E-state index in [1.54, 1.807) is 6.07 Å². The van der Waals surface area contributed by atoms with Crippen LogP contribution in [0.5, 0.6) is 0 Å². The zero-order valence-corrected chi connectivity index (χ0v) is 24.5. The lowest BCUT2D eigenvalue weighted by atomic mass is 9.78. The number of ether oxygens (including phenoxy) is 3. The maximum Gasteiger partial charge on any atom is 0.511 e. The minimum atomic E-state index is -5.57. The Morgan fingerprint density at radius 3 is 2.51 bits per heavy atom. The van der Waals surface area contributed by atoms with Gasteiger partial charge in [0.2, 0.25) is 0 Å². The maximum atomic E-state index is 13.0. The van der Waals surface area contributed by atoms with Crippen LogP contribution in [0.3, 0.4) is 0 Å². The minimum absolute atomic E-state index is 0.335. The highest BCUT2D eigenvalue weighted by molar-refractivity contribution is 14.1. The molecule has 1 aromatic carbocycles. The summed E-state index contributed by atoms with van der Waals surface area (Å²) < 4.78 is 79.1. The number of fused-ring (bicyclic) bond motifs is 1. The number of carbonyl (C=O) groups excluding carboxylic acids is 3. The van der Waals surface area contributed by atoms with Crippen molar-refractivity contribution in [2.75, 3.05) is 13.2 Å². The molecule has 3 aliphatic rings. The molecule has 1 aromatic rings. The summed E-state index contributed by atoms with van der Waals surface area (Å²) in [5.74, 6) is -4.90.